The summed E-state index contributed by atoms with van der Waals surface area (Å²) in [5.74, 6) is 1.11. The predicted molar refractivity (Wildman–Crippen MR) is 113 cm³/mol. The van der Waals surface area contributed by atoms with Gasteiger partial charge < -0.3 is 4.90 Å². The summed E-state index contributed by atoms with van der Waals surface area (Å²) < 4.78 is 27.5. The lowest BCUT2D eigenvalue weighted by atomic mass is 10.3. The van der Waals surface area contributed by atoms with Crippen molar-refractivity contribution in [3.8, 4) is 5.69 Å². The molecule has 0 aliphatic heterocycles. The van der Waals surface area contributed by atoms with Crippen LogP contribution in [-0.2, 0) is 15.6 Å². The Morgan fingerprint density at radius 1 is 0.964 bits per heavy atom. The second-order valence-corrected chi connectivity index (χ2v) is 9.70. The van der Waals surface area contributed by atoms with Crippen LogP contribution in [0.15, 0.2) is 70.7 Å². The smallest absolute Gasteiger partial charge is 0.195 e. The fourth-order valence-corrected chi connectivity index (χ4v) is 4.91. The van der Waals surface area contributed by atoms with Gasteiger partial charge in [0.25, 0.3) is 0 Å². The Kier molecular flexibility index (Phi) is 6.88. The molecule has 6 nitrogen and oxygen atoms in total. The van der Waals surface area contributed by atoms with E-state index in [0.29, 0.717) is 11.0 Å². The van der Waals surface area contributed by atoms with E-state index >= 15 is 0 Å². The number of rotatable bonds is 9. The maximum atomic E-state index is 12.8. The van der Waals surface area contributed by atoms with Gasteiger partial charge in [-0.2, -0.15) is 0 Å². The number of hydrogen-bond donors (Lipinski definition) is 0. The third-order valence-corrected chi connectivity index (χ3v) is 6.76. The topological polar surface area (TPSA) is 68.1 Å². The minimum atomic E-state index is -3.51. The zero-order valence-electron chi connectivity index (χ0n) is 16.0. The lowest BCUT2D eigenvalue weighted by Gasteiger charge is -2.11. The van der Waals surface area contributed by atoms with Gasteiger partial charge in [0.2, 0.25) is 0 Å². The van der Waals surface area contributed by atoms with Crippen molar-refractivity contribution in [1.29, 1.82) is 0 Å². The molecule has 0 N–H and O–H groups in total. The molecule has 1 aromatic heterocycles. The summed E-state index contributed by atoms with van der Waals surface area (Å²) in [6.07, 6.45) is 1.01. The van der Waals surface area contributed by atoms with Crippen molar-refractivity contribution in [3.63, 3.8) is 0 Å². The molecule has 0 amide bonds. The Morgan fingerprint density at radius 2 is 1.61 bits per heavy atom. The third-order valence-electron chi connectivity index (χ3n) is 4.12. The first-order valence-corrected chi connectivity index (χ1v) is 11.7. The molecule has 8 heteroatoms. The number of thioether (sulfide) groups is 1. The minimum absolute atomic E-state index is 0.197. The van der Waals surface area contributed by atoms with Gasteiger partial charge in [0, 0.05) is 11.4 Å². The molecule has 28 heavy (non-hydrogen) atoms. The Balaban J connectivity index is 1.89. The van der Waals surface area contributed by atoms with Crippen LogP contribution in [-0.4, -0.2) is 54.5 Å². The SMILES string of the molecule is CN(C)CCCSc1nnc(CS(=O)(=O)c2ccccc2)n1-c1ccccc1. The van der Waals surface area contributed by atoms with Gasteiger partial charge in [-0.25, -0.2) is 8.42 Å². The normalized spacial score (nSPS) is 11.8. The molecule has 0 aliphatic rings. The standard InChI is InChI=1S/C20H24N4O2S2/c1-23(2)14-9-15-27-20-22-21-19(24(20)17-10-5-3-6-11-17)16-28(25,26)18-12-7-4-8-13-18/h3-8,10-13H,9,14-16H2,1-2H3. The molecule has 0 spiro atoms. The van der Waals surface area contributed by atoms with Crippen molar-refractivity contribution < 1.29 is 8.42 Å². The highest BCUT2D eigenvalue weighted by Crippen LogP contribution is 2.25. The van der Waals surface area contributed by atoms with Crippen LogP contribution in [0.2, 0.25) is 0 Å². The lowest BCUT2D eigenvalue weighted by Crippen LogP contribution is -2.13. The van der Waals surface area contributed by atoms with E-state index in [1.54, 1.807) is 42.1 Å². The third kappa shape index (κ3) is 5.21. The summed E-state index contributed by atoms with van der Waals surface area (Å²) in [5, 5.41) is 9.22. The van der Waals surface area contributed by atoms with Crippen molar-refractivity contribution in [2.24, 2.45) is 0 Å². The van der Waals surface area contributed by atoms with E-state index in [1.165, 1.54) is 0 Å². The Morgan fingerprint density at radius 3 is 2.25 bits per heavy atom. The molecule has 0 radical (unpaired) electrons. The van der Waals surface area contributed by atoms with Crippen LogP contribution < -0.4 is 0 Å². The van der Waals surface area contributed by atoms with Crippen LogP contribution in [0.25, 0.3) is 5.69 Å². The molecule has 0 unspecified atom stereocenters. The Hall–Kier alpha value is -2.16. The molecule has 0 aliphatic carbocycles. The fourth-order valence-electron chi connectivity index (χ4n) is 2.75. The van der Waals surface area contributed by atoms with Crippen LogP contribution >= 0.6 is 11.8 Å². The van der Waals surface area contributed by atoms with E-state index in [9.17, 15) is 8.42 Å². The first-order chi connectivity index (χ1) is 13.5. The highest BCUT2D eigenvalue weighted by Gasteiger charge is 2.22. The molecule has 0 saturated heterocycles. The highest BCUT2D eigenvalue weighted by atomic mass is 32.2. The van der Waals surface area contributed by atoms with Gasteiger partial charge in [0.05, 0.1) is 4.90 Å². The monoisotopic (exact) mass is 416 g/mol. The molecular formula is C20H24N4O2S2. The molecule has 148 valence electrons. The highest BCUT2D eigenvalue weighted by molar-refractivity contribution is 7.99. The van der Waals surface area contributed by atoms with Crippen LogP contribution in [0, 0.1) is 0 Å². The van der Waals surface area contributed by atoms with Gasteiger partial charge in [-0.3, -0.25) is 4.57 Å². The molecule has 0 bridgehead atoms. The first kappa shape index (κ1) is 20.6. The molecule has 3 aromatic rings. The molecular weight excluding hydrogens is 392 g/mol. The summed E-state index contributed by atoms with van der Waals surface area (Å²) in [4.78, 5) is 2.43. The van der Waals surface area contributed by atoms with Crippen LogP contribution in [0.4, 0.5) is 0 Å². The number of para-hydroxylation sites is 1. The van der Waals surface area contributed by atoms with Crippen molar-refractivity contribution in [2.75, 3.05) is 26.4 Å². The summed E-state index contributed by atoms with van der Waals surface area (Å²) in [5.41, 5.74) is 0.862. The first-order valence-electron chi connectivity index (χ1n) is 9.02. The Labute approximate surface area is 170 Å². The van der Waals surface area contributed by atoms with Crippen molar-refractivity contribution in [2.45, 2.75) is 22.2 Å². The lowest BCUT2D eigenvalue weighted by molar-refractivity contribution is 0.410. The summed E-state index contributed by atoms with van der Waals surface area (Å²) in [6, 6.07) is 18.1. The van der Waals surface area contributed by atoms with Gasteiger partial charge in [-0.05, 0) is 51.3 Å². The van der Waals surface area contributed by atoms with Crippen LogP contribution in [0.3, 0.4) is 0 Å². The number of nitrogens with zero attached hydrogens (tertiary/aromatic N) is 4. The minimum Gasteiger partial charge on any atom is -0.309 e. The summed E-state index contributed by atoms with van der Waals surface area (Å²) in [6.45, 7) is 0.988. The van der Waals surface area contributed by atoms with E-state index in [1.807, 2.05) is 49.0 Å². The van der Waals surface area contributed by atoms with Gasteiger partial charge >= 0.3 is 0 Å². The average Bonchev–Trinajstić information content (AvgIpc) is 3.08. The maximum absolute atomic E-state index is 12.8. The van der Waals surface area contributed by atoms with Crippen molar-refractivity contribution in [1.82, 2.24) is 19.7 Å². The van der Waals surface area contributed by atoms with E-state index in [2.05, 4.69) is 15.1 Å². The van der Waals surface area contributed by atoms with Gasteiger partial charge in [-0.15, -0.1) is 10.2 Å². The molecule has 0 fully saturated rings. The molecule has 1 heterocycles. The fraction of sp³-hybridized carbons (Fsp3) is 0.300. The zero-order valence-corrected chi connectivity index (χ0v) is 17.7. The van der Waals surface area contributed by atoms with Gasteiger partial charge in [0.1, 0.15) is 5.75 Å². The number of aromatic nitrogens is 3. The van der Waals surface area contributed by atoms with Crippen molar-refractivity contribution in [3.05, 3.63) is 66.5 Å². The number of hydrogen-bond acceptors (Lipinski definition) is 6. The summed E-state index contributed by atoms with van der Waals surface area (Å²) >= 11 is 1.59. The van der Waals surface area contributed by atoms with Gasteiger partial charge in [0.15, 0.2) is 20.8 Å². The molecule has 0 saturated carbocycles. The molecule has 0 atom stereocenters. The quantitative estimate of drug-likeness (QED) is 0.394. The van der Waals surface area contributed by atoms with Crippen LogP contribution in [0.1, 0.15) is 12.2 Å². The van der Waals surface area contributed by atoms with E-state index in [4.69, 9.17) is 0 Å². The van der Waals surface area contributed by atoms with E-state index in [0.717, 1.165) is 24.4 Å². The van der Waals surface area contributed by atoms with Crippen molar-refractivity contribution >= 4 is 21.6 Å². The molecule has 2 aromatic carbocycles. The second-order valence-electron chi connectivity index (χ2n) is 6.65. The Bertz CT molecular complexity index is 988. The second kappa shape index (κ2) is 9.36. The van der Waals surface area contributed by atoms with Crippen LogP contribution in [0.5, 0.6) is 0 Å². The van der Waals surface area contributed by atoms with E-state index < -0.39 is 9.84 Å². The van der Waals surface area contributed by atoms with E-state index in [-0.39, 0.29) is 10.6 Å². The summed E-state index contributed by atoms with van der Waals surface area (Å²) in [7, 11) is 0.584. The number of benzene rings is 2. The largest absolute Gasteiger partial charge is 0.309 e. The zero-order chi connectivity index (χ0) is 20.0. The maximum Gasteiger partial charge on any atom is 0.195 e. The average molecular weight is 417 g/mol. The number of sulfone groups is 1. The predicted octanol–water partition coefficient (Wildman–Crippen LogP) is 3.29. The van der Waals surface area contributed by atoms with Gasteiger partial charge in [-0.1, -0.05) is 48.2 Å². The molecule has 3 rings (SSSR count).